The average Bonchev–Trinajstić information content (AvgIpc) is 2.73. The quantitative estimate of drug-likeness (QED) is 0.723. The minimum atomic E-state index is -0.359. The molecule has 0 unspecified atom stereocenters. The number of amides is 2. The molecule has 2 amide bonds. The van der Waals surface area contributed by atoms with Gasteiger partial charge in [0, 0.05) is 44.0 Å². The molecule has 28 heavy (non-hydrogen) atoms. The number of anilines is 1. The summed E-state index contributed by atoms with van der Waals surface area (Å²) >= 11 is 0. The molecule has 1 heterocycles. The van der Waals surface area contributed by atoms with Crippen LogP contribution in [0.3, 0.4) is 0 Å². The van der Waals surface area contributed by atoms with E-state index in [0.717, 1.165) is 5.69 Å². The van der Waals surface area contributed by atoms with Crippen LogP contribution in [0.1, 0.15) is 10.4 Å². The summed E-state index contributed by atoms with van der Waals surface area (Å²) in [7, 11) is 0. The lowest BCUT2D eigenvalue weighted by Gasteiger charge is -2.35. The zero-order chi connectivity index (χ0) is 19.9. The summed E-state index contributed by atoms with van der Waals surface area (Å²) in [5.74, 6) is -0.463. The van der Waals surface area contributed by atoms with E-state index in [2.05, 4.69) is 11.5 Å². The SMILES string of the molecule is C=CCN(C(=O)CN1CCN(C(=O)c2ccc(F)cc2)CC1)c1ccccc1. The van der Waals surface area contributed by atoms with Gasteiger partial charge in [0.05, 0.1) is 6.54 Å². The van der Waals surface area contributed by atoms with Crippen LogP contribution in [-0.4, -0.2) is 60.9 Å². The summed E-state index contributed by atoms with van der Waals surface area (Å²) in [5.41, 5.74) is 1.32. The molecule has 0 N–H and O–H groups in total. The fraction of sp³-hybridized carbons (Fsp3) is 0.273. The maximum atomic E-state index is 13.0. The molecule has 1 saturated heterocycles. The maximum absolute atomic E-state index is 13.0. The van der Waals surface area contributed by atoms with Crippen LogP contribution in [0.15, 0.2) is 67.3 Å². The highest BCUT2D eigenvalue weighted by atomic mass is 19.1. The first-order valence-corrected chi connectivity index (χ1v) is 9.32. The van der Waals surface area contributed by atoms with Crippen molar-refractivity contribution in [1.29, 1.82) is 0 Å². The van der Waals surface area contributed by atoms with Crippen LogP contribution >= 0.6 is 0 Å². The monoisotopic (exact) mass is 381 g/mol. The third-order valence-electron chi connectivity index (χ3n) is 4.79. The first-order chi connectivity index (χ1) is 13.6. The molecule has 1 aliphatic heterocycles. The Morgan fingerprint density at radius 2 is 1.64 bits per heavy atom. The predicted octanol–water partition coefficient (Wildman–Crippen LogP) is 2.80. The van der Waals surface area contributed by atoms with E-state index in [1.54, 1.807) is 15.9 Å². The maximum Gasteiger partial charge on any atom is 0.253 e. The van der Waals surface area contributed by atoms with Crippen LogP contribution in [0.25, 0.3) is 0 Å². The number of carbonyl (C=O) groups is 2. The molecule has 2 aromatic rings. The zero-order valence-corrected chi connectivity index (χ0v) is 15.8. The number of hydrogen-bond acceptors (Lipinski definition) is 3. The van der Waals surface area contributed by atoms with Gasteiger partial charge in [-0.25, -0.2) is 4.39 Å². The Morgan fingerprint density at radius 3 is 2.25 bits per heavy atom. The summed E-state index contributed by atoms with van der Waals surface area (Å²) in [4.78, 5) is 30.8. The van der Waals surface area contributed by atoms with Gasteiger partial charge in [-0.3, -0.25) is 14.5 Å². The van der Waals surface area contributed by atoms with E-state index in [4.69, 9.17) is 0 Å². The third-order valence-corrected chi connectivity index (χ3v) is 4.79. The van der Waals surface area contributed by atoms with Gasteiger partial charge in [-0.15, -0.1) is 6.58 Å². The van der Waals surface area contributed by atoms with Crippen LogP contribution in [0.5, 0.6) is 0 Å². The Morgan fingerprint density at radius 1 is 1.00 bits per heavy atom. The van der Waals surface area contributed by atoms with Gasteiger partial charge in [0.1, 0.15) is 5.82 Å². The Hall–Kier alpha value is -2.99. The van der Waals surface area contributed by atoms with Gasteiger partial charge in [0.2, 0.25) is 5.91 Å². The van der Waals surface area contributed by atoms with Crippen molar-refractivity contribution >= 4 is 17.5 Å². The number of benzene rings is 2. The van der Waals surface area contributed by atoms with E-state index in [-0.39, 0.29) is 17.6 Å². The standard InChI is InChI=1S/C22H24FN3O2/c1-2-12-26(20-6-4-3-5-7-20)21(27)17-24-13-15-25(16-14-24)22(28)18-8-10-19(23)11-9-18/h2-11H,1,12-17H2. The summed E-state index contributed by atoms with van der Waals surface area (Å²) < 4.78 is 13.0. The molecule has 0 aliphatic carbocycles. The number of nitrogens with zero attached hydrogens (tertiary/aromatic N) is 3. The molecular weight excluding hydrogens is 357 g/mol. The molecule has 0 aromatic heterocycles. The minimum Gasteiger partial charge on any atom is -0.336 e. The molecule has 6 heteroatoms. The summed E-state index contributed by atoms with van der Waals surface area (Å²) in [6.45, 7) is 6.80. The first-order valence-electron chi connectivity index (χ1n) is 9.32. The molecule has 1 fully saturated rings. The van der Waals surface area contributed by atoms with Crippen molar-refractivity contribution in [3.8, 4) is 0 Å². The van der Waals surface area contributed by atoms with Crippen LogP contribution in [0, 0.1) is 5.82 Å². The van der Waals surface area contributed by atoms with Crippen LogP contribution < -0.4 is 4.90 Å². The molecule has 146 valence electrons. The van der Waals surface area contributed by atoms with Gasteiger partial charge >= 0.3 is 0 Å². The van der Waals surface area contributed by atoms with Crippen molar-refractivity contribution in [2.24, 2.45) is 0 Å². The molecule has 0 atom stereocenters. The smallest absolute Gasteiger partial charge is 0.253 e. The number of hydrogen-bond donors (Lipinski definition) is 0. The number of carbonyl (C=O) groups excluding carboxylic acids is 2. The highest BCUT2D eigenvalue weighted by Gasteiger charge is 2.25. The van der Waals surface area contributed by atoms with Crippen molar-refractivity contribution < 1.29 is 14.0 Å². The Labute approximate surface area is 164 Å². The Kier molecular flexibility index (Phi) is 6.55. The van der Waals surface area contributed by atoms with Gasteiger partial charge in [0.15, 0.2) is 0 Å². The van der Waals surface area contributed by atoms with E-state index in [1.165, 1.54) is 24.3 Å². The van der Waals surface area contributed by atoms with Crippen LogP contribution in [0.2, 0.25) is 0 Å². The third kappa shape index (κ3) is 4.84. The van der Waals surface area contributed by atoms with Crippen molar-refractivity contribution in [2.75, 3.05) is 44.2 Å². The van der Waals surface area contributed by atoms with Crippen LogP contribution in [-0.2, 0) is 4.79 Å². The fourth-order valence-electron chi connectivity index (χ4n) is 3.25. The molecule has 0 radical (unpaired) electrons. The fourth-order valence-corrected chi connectivity index (χ4v) is 3.25. The molecule has 0 bridgehead atoms. The minimum absolute atomic E-state index is 0.00408. The zero-order valence-electron chi connectivity index (χ0n) is 15.8. The van der Waals surface area contributed by atoms with E-state index < -0.39 is 0 Å². The number of piperazine rings is 1. The largest absolute Gasteiger partial charge is 0.336 e. The lowest BCUT2D eigenvalue weighted by molar-refractivity contribution is -0.119. The number of para-hydroxylation sites is 1. The van der Waals surface area contributed by atoms with Crippen molar-refractivity contribution in [3.63, 3.8) is 0 Å². The van der Waals surface area contributed by atoms with Crippen LogP contribution in [0.4, 0.5) is 10.1 Å². The molecule has 2 aromatic carbocycles. The first kappa shape index (κ1) is 19.8. The molecule has 5 nitrogen and oxygen atoms in total. The van der Waals surface area contributed by atoms with E-state index in [9.17, 15) is 14.0 Å². The van der Waals surface area contributed by atoms with Gasteiger partial charge in [-0.05, 0) is 36.4 Å². The van der Waals surface area contributed by atoms with Gasteiger partial charge < -0.3 is 9.80 Å². The molecule has 0 spiro atoms. The number of rotatable bonds is 6. The van der Waals surface area contributed by atoms with Gasteiger partial charge in [-0.2, -0.15) is 0 Å². The lowest BCUT2D eigenvalue weighted by Crippen LogP contribution is -2.51. The number of halogens is 1. The van der Waals surface area contributed by atoms with E-state index >= 15 is 0 Å². The Bertz CT molecular complexity index is 815. The van der Waals surface area contributed by atoms with Crippen molar-refractivity contribution in [2.45, 2.75) is 0 Å². The summed E-state index contributed by atoms with van der Waals surface area (Å²) in [5, 5.41) is 0. The normalized spacial score (nSPS) is 14.5. The Balaban J connectivity index is 1.55. The molecule has 0 saturated carbocycles. The summed E-state index contributed by atoms with van der Waals surface area (Å²) in [6, 6.07) is 15.1. The van der Waals surface area contributed by atoms with Gasteiger partial charge in [0.25, 0.3) is 5.91 Å². The van der Waals surface area contributed by atoms with E-state index in [0.29, 0.717) is 44.8 Å². The van der Waals surface area contributed by atoms with Crippen molar-refractivity contribution in [1.82, 2.24) is 9.80 Å². The topological polar surface area (TPSA) is 43.9 Å². The summed E-state index contributed by atoms with van der Waals surface area (Å²) in [6.07, 6.45) is 1.71. The second-order valence-electron chi connectivity index (χ2n) is 6.70. The highest BCUT2D eigenvalue weighted by Crippen LogP contribution is 2.15. The average molecular weight is 381 g/mol. The molecule has 3 rings (SSSR count). The molecular formula is C22H24FN3O2. The van der Waals surface area contributed by atoms with Gasteiger partial charge in [-0.1, -0.05) is 24.3 Å². The molecule has 1 aliphatic rings. The van der Waals surface area contributed by atoms with Crippen molar-refractivity contribution in [3.05, 3.63) is 78.6 Å². The second kappa shape index (κ2) is 9.28. The second-order valence-corrected chi connectivity index (χ2v) is 6.70. The van der Waals surface area contributed by atoms with E-state index in [1.807, 2.05) is 30.3 Å². The predicted molar refractivity (Wildman–Crippen MR) is 108 cm³/mol. The lowest BCUT2D eigenvalue weighted by atomic mass is 10.1. The highest BCUT2D eigenvalue weighted by molar-refractivity contribution is 5.95.